The Morgan fingerprint density at radius 2 is 2.07 bits per heavy atom. The van der Waals surface area contributed by atoms with Gasteiger partial charge in [0.1, 0.15) is 15.7 Å². The Hall–Kier alpha value is -0.653. The molecule has 0 amide bonds. The van der Waals surface area contributed by atoms with Crippen molar-refractivity contribution in [2.75, 3.05) is 20.8 Å². The van der Waals surface area contributed by atoms with Crippen molar-refractivity contribution in [3.8, 4) is 0 Å². The Labute approximate surface area is 87.6 Å². The first-order valence-corrected chi connectivity index (χ1v) is 4.72. The SMILES string of the molecule is C=CC(=O)OCCCC([Si])(OC)OC. The average molecular weight is 215 g/mol. The topological polar surface area (TPSA) is 44.8 Å². The smallest absolute Gasteiger partial charge is 0.330 e. The van der Waals surface area contributed by atoms with E-state index >= 15 is 0 Å². The van der Waals surface area contributed by atoms with Crippen LogP contribution >= 0.6 is 0 Å². The van der Waals surface area contributed by atoms with Gasteiger partial charge in [-0.1, -0.05) is 6.58 Å². The van der Waals surface area contributed by atoms with Gasteiger partial charge < -0.3 is 14.2 Å². The lowest BCUT2D eigenvalue weighted by Gasteiger charge is -2.26. The second-order valence-electron chi connectivity index (χ2n) is 2.64. The van der Waals surface area contributed by atoms with Crippen molar-refractivity contribution >= 4 is 16.2 Å². The summed E-state index contributed by atoms with van der Waals surface area (Å²) in [5.74, 6) is -0.417. The summed E-state index contributed by atoms with van der Waals surface area (Å²) in [7, 11) is 6.38. The van der Waals surface area contributed by atoms with E-state index in [0.717, 1.165) is 6.08 Å². The van der Waals surface area contributed by atoms with Crippen LogP contribution in [-0.2, 0) is 19.0 Å². The van der Waals surface area contributed by atoms with Crippen LogP contribution in [0.15, 0.2) is 12.7 Å². The lowest BCUT2D eigenvalue weighted by molar-refractivity contribution is -0.151. The minimum atomic E-state index is -0.791. The van der Waals surface area contributed by atoms with Crippen LogP contribution in [0.1, 0.15) is 12.8 Å². The van der Waals surface area contributed by atoms with Crippen molar-refractivity contribution in [1.82, 2.24) is 0 Å². The maximum atomic E-state index is 10.7. The molecular weight excluding hydrogens is 200 g/mol. The maximum Gasteiger partial charge on any atom is 0.330 e. The lowest BCUT2D eigenvalue weighted by atomic mass is 10.3. The first kappa shape index (κ1) is 13.3. The zero-order valence-corrected chi connectivity index (χ0v) is 9.54. The van der Waals surface area contributed by atoms with Gasteiger partial charge in [-0.15, -0.1) is 0 Å². The van der Waals surface area contributed by atoms with Gasteiger partial charge in [-0.2, -0.15) is 0 Å². The van der Waals surface area contributed by atoms with Crippen LogP contribution in [0.4, 0.5) is 0 Å². The van der Waals surface area contributed by atoms with E-state index in [1.165, 1.54) is 14.2 Å². The van der Waals surface area contributed by atoms with Crippen molar-refractivity contribution in [3.05, 3.63) is 12.7 Å². The molecule has 0 unspecified atom stereocenters. The quantitative estimate of drug-likeness (QED) is 0.205. The van der Waals surface area contributed by atoms with Gasteiger partial charge in [0.25, 0.3) is 0 Å². The predicted octanol–water partition coefficient (Wildman–Crippen LogP) is 0.611. The largest absolute Gasteiger partial charge is 0.463 e. The number of carbonyl (C=O) groups is 1. The fraction of sp³-hybridized carbons (Fsp3) is 0.667. The monoisotopic (exact) mass is 215 g/mol. The molecule has 0 heterocycles. The molecule has 79 valence electrons. The summed E-state index contributed by atoms with van der Waals surface area (Å²) in [6.07, 6.45) is 2.36. The van der Waals surface area contributed by atoms with Gasteiger partial charge in [-0.3, -0.25) is 0 Å². The van der Waals surface area contributed by atoms with Crippen molar-refractivity contribution in [1.29, 1.82) is 0 Å². The van der Waals surface area contributed by atoms with Gasteiger partial charge >= 0.3 is 5.97 Å². The lowest BCUT2D eigenvalue weighted by Crippen LogP contribution is -2.34. The van der Waals surface area contributed by atoms with Crippen LogP contribution in [0, 0.1) is 0 Å². The molecule has 5 heteroatoms. The Morgan fingerprint density at radius 1 is 1.50 bits per heavy atom. The molecule has 0 fully saturated rings. The minimum Gasteiger partial charge on any atom is -0.463 e. The van der Waals surface area contributed by atoms with E-state index in [2.05, 4.69) is 16.8 Å². The van der Waals surface area contributed by atoms with Crippen molar-refractivity contribution in [2.24, 2.45) is 0 Å². The maximum absolute atomic E-state index is 10.7. The van der Waals surface area contributed by atoms with Crippen LogP contribution in [0.25, 0.3) is 0 Å². The molecule has 0 aromatic carbocycles. The zero-order chi connectivity index (χ0) is 11.0. The van der Waals surface area contributed by atoms with E-state index in [1.807, 2.05) is 0 Å². The number of hydrogen-bond donors (Lipinski definition) is 0. The van der Waals surface area contributed by atoms with Crippen LogP contribution in [0.5, 0.6) is 0 Å². The van der Waals surface area contributed by atoms with Gasteiger partial charge in [-0.05, 0) is 12.8 Å². The summed E-state index contributed by atoms with van der Waals surface area (Å²) < 4.78 is 14.9. The minimum absolute atomic E-state index is 0.323. The molecule has 0 rings (SSSR count). The highest BCUT2D eigenvalue weighted by atomic mass is 28.1. The van der Waals surface area contributed by atoms with Crippen LogP contribution in [-0.4, -0.2) is 42.4 Å². The normalized spacial score (nSPS) is 11.1. The summed E-state index contributed by atoms with van der Waals surface area (Å²) in [6.45, 7) is 3.61. The fourth-order valence-electron chi connectivity index (χ4n) is 0.824. The summed E-state index contributed by atoms with van der Waals surface area (Å²) in [4.78, 5) is 10.7. The van der Waals surface area contributed by atoms with Gasteiger partial charge in [0.2, 0.25) is 0 Å². The molecule has 0 bridgehead atoms. The molecule has 0 aliphatic heterocycles. The molecule has 4 nitrogen and oxygen atoms in total. The summed E-state index contributed by atoms with van der Waals surface area (Å²) in [5, 5.41) is 0. The molecule has 0 aromatic rings. The molecule has 0 N–H and O–H groups in total. The third kappa shape index (κ3) is 5.16. The highest BCUT2D eigenvalue weighted by Crippen LogP contribution is 2.13. The first-order chi connectivity index (χ1) is 6.58. The molecule has 0 saturated heterocycles. The van der Waals surface area contributed by atoms with E-state index in [1.54, 1.807) is 0 Å². The second kappa shape index (κ2) is 6.75. The van der Waals surface area contributed by atoms with Gasteiger partial charge in [0, 0.05) is 20.3 Å². The molecule has 0 aliphatic rings. The molecular formula is C9H15O4Si. The number of hydrogen-bond acceptors (Lipinski definition) is 4. The van der Waals surface area contributed by atoms with E-state index in [0.29, 0.717) is 19.4 Å². The Morgan fingerprint density at radius 3 is 2.50 bits per heavy atom. The van der Waals surface area contributed by atoms with Crippen molar-refractivity contribution < 1.29 is 19.0 Å². The summed E-state index contributed by atoms with van der Waals surface area (Å²) >= 11 is 0. The average Bonchev–Trinajstić information content (AvgIpc) is 2.23. The van der Waals surface area contributed by atoms with Gasteiger partial charge in [0.05, 0.1) is 6.61 Å². The molecule has 0 aliphatic carbocycles. The van der Waals surface area contributed by atoms with Crippen LogP contribution in [0.2, 0.25) is 0 Å². The van der Waals surface area contributed by atoms with Crippen LogP contribution in [0.3, 0.4) is 0 Å². The van der Waals surface area contributed by atoms with Crippen molar-refractivity contribution in [3.63, 3.8) is 0 Å². The molecule has 0 saturated carbocycles. The van der Waals surface area contributed by atoms with E-state index in [4.69, 9.17) is 14.2 Å². The third-order valence-corrected chi connectivity index (χ3v) is 2.38. The molecule has 0 spiro atoms. The molecule has 14 heavy (non-hydrogen) atoms. The number of carbonyl (C=O) groups excluding carboxylic acids is 1. The first-order valence-electron chi connectivity index (χ1n) is 4.22. The van der Waals surface area contributed by atoms with Crippen LogP contribution < -0.4 is 0 Å². The number of ether oxygens (including phenoxy) is 3. The van der Waals surface area contributed by atoms with Gasteiger partial charge in [-0.25, -0.2) is 4.79 Å². The molecule has 0 atom stereocenters. The highest BCUT2D eigenvalue weighted by molar-refractivity contribution is 6.13. The van der Waals surface area contributed by atoms with E-state index in [9.17, 15) is 4.79 Å². The zero-order valence-electron chi connectivity index (χ0n) is 8.54. The molecule has 3 radical (unpaired) electrons. The second-order valence-corrected chi connectivity index (χ2v) is 3.40. The Bertz CT molecular complexity index is 189. The Balaban J connectivity index is 3.62. The number of methoxy groups -OCH3 is 2. The van der Waals surface area contributed by atoms with E-state index < -0.39 is 11.4 Å². The van der Waals surface area contributed by atoms with Gasteiger partial charge in [0.15, 0.2) is 0 Å². The van der Waals surface area contributed by atoms with Crippen molar-refractivity contribution in [2.45, 2.75) is 18.3 Å². The Kier molecular flexibility index (Phi) is 6.43. The number of rotatable bonds is 7. The fourth-order valence-corrected chi connectivity index (χ4v) is 1.00. The predicted molar refractivity (Wildman–Crippen MR) is 52.9 cm³/mol. The standard InChI is InChI=1S/C9H15O4Si/c1-4-8(10)13-7-5-6-9(14,11-2)12-3/h4H,1,5-7H2,2-3H3. The molecule has 0 aromatic heterocycles. The summed E-state index contributed by atoms with van der Waals surface area (Å²) in [5.41, 5.74) is -0.791. The van der Waals surface area contributed by atoms with E-state index in [-0.39, 0.29) is 0 Å². The third-order valence-electron chi connectivity index (χ3n) is 1.72. The highest BCUT2D eigenvalue weighted by Gasteiger charge is 2.21. The number of esters is 1. The summed E-state index contributed by atoms with van der Waals surface area (Å²) in [6, 6.07) is 0.